The van der Waals surface area contributed by atoms with Crippen LogP contribution < -0.4 is 0 Å². The van der Waals surface area contributed by atoms with Crippen LogP contribution in [0, 0.1) is 0 Å². The van der Waals surface area contributed by atoms with Gasteiger partial charge in [-0.25, -0.2) is 0 Å². The lowest BCUT2D eigenvalue weighted by Gasteiger charge is -2.16. The number of aromatic amines is 2. The van der Waals surface area contributed by atoms with Crippen molar-refractivity contribution in [3.8, 4) is 0 Å². The van der Waals surface area contributed by atoms with Crippen molar-refractivity contribution in [1.29, 1.82) is 0 Å². The lowest BCUT2D eigenvalue weighted by Crippen LogP contribution is -2.03. The van der Waals surface area contributed by atoms with Gasteiger partial charge in [-0.05, 0) is 46.8 Å². The standard InChI is InChI=1S/C23H17BrN2/c24-17-11-9-15(10-12-17)23(19-14-25-21-8-4-2-6-18(19)21)22-13-16-5-1-3-7-20(16)26-22/h1-14,23,25-26H. The summed E-state index contributed by atoms with van der Waals surface area (Å²) in [5.41, 5.74) is 6.10. The highest BCUT2D eigenvalue weighted by Crippen LogP contribution is 2.37. The molecule has 126 valence electrons. The van der Waals surface area contributed by atoms with E-state index in [1.165, 1.54) is 38.6 Å². The minimum Gasteiger partial charge on any atom is -0.361 e. The van der Waals surface area contributed by atoms with Crippen LogP contribution in [0.15, 0.2) is 89.5 Å². The molecule has 0 saturated carbocycles. The van der Waals surface area contributed by atoms with Crippen LogP contribution in [-0.4, -0.2) is 9.97 Å². The van der Waals surface area contributed by atoms with Crippen LogP contribution in [0.1, 0.15) is 22.7 Å². The quantitative estimate of drug-likeness (QED) is 0.342. The summed E-state index contributed by atoms with van der Waals surface area (Å²) in [7, 11) is 0. The summed E-state index contributed by atoms with van der Waals surface area (Å²) < 4.78 is 1.09. The van der Waals surface area contributed by atoms with E-state index in [4.69, 9.17) is 0 Å². The van der Waals surface area contributed by atoms with Crippen molar-refractivity contribution in [1.82, 2.24) is 9.97 Å². The van der Waals surface area contributed by atoms with Crippen molar-refractivity contribution >= 4 is 37.7 Å². The minimum atomic E-state index is 0.145. The number of halogens is 1. The van der Waals surface area contributed by atoms with E-state index < -0.39 is 0 Å². The van der Waals surface area contributed by atoms with E-state index in [0.29, 0.717) is 0 Å². The zero-order chi connectivity index (χ0) is 17.5. The lowest BCUT2D eigenvalue weighted by molar-refractivity contribution is 0.947. The van der Waals surface area contributed by atoms with Crippen LogP contribution in [0.25, 0.3) is 21.8 Å². The van der Waals surface area contributed by atoms with Crippen LogP contribution in [0.2, 0.25) is 0 Å². The Morgan fingerprint density at radius 1 is 0.769 bits per heavy atom. The molecule has 0 saturated heterocycles. The number of hydrogen-bond donors (Lipinski definition) is 2. The van der Waals surface area contributed by atoms with Gasteiger partial charge in [0.1, 0.15) is 0 Å². The molecule has 0 aliphatic rings. The van der Waals surface area contributed by atoms with Crippen LogP contribution >= 0.6 is 15.9 Å². The molecule has 5 rings (SSSR count). The molecule has 1 unspecified atom stereocenters. The third-order valence-corrected chi connectivity index (χ3v) is 5.53. The van der Waals surface area contributed by atoms with E-state index in [0.717, 1.165) is 4.47 Å². The molecule has 0 aliphatic heterocycles. The molecule has 2 heterocycles. The number of fused-ring (bicyclic) bond motifs is 2. The normalized spacial score (nSPS) is 12.7. The van der Waals surface area contributed by atoms with Gasteiger partial charge in [-0.1, -0.05) is 64.5 Å². The second kappa shape index (κ2) is 6.19. The average molecular weight is 401 g/mol. The number of nitrogens with one attached hydrogen (secondary N) is 2. The van der Waals surface area contributed by atoms with Gasteiger partial charge in [0.2, 0.25) is 0 Å². The van der Waals surface area contributed by atoms with Gasteiger partial charge in [0.25, 0.3) is 0 Å². The molecule has 3 heteroatoms. The summed E-state index contributed by atoms with van der Waals surface area (Å²) in [6.45, 7) is 0. The Balaban J connectivity index is 1.76. The Kier molecular flexibility index (Phi) is 3.68. The fourth-order valence-electron chi connectivity index (χ4n) is 3.77. The summed E-state index contributed by atoms with van der Waals surface area (Å²) in [5.74, 6) is 0.145. The SMILES string of the molecule is Brc1ccc(C(c2cc3ccccc3[nH]2)c2c[nH]c3ccccc23)cc1. The molecular weight excluding hydrogens is 384 g/mol. The van der Waals surface area contributed by atoms with E-state index >= 15 is 0 Å². The summed E-state index contributed by atoms with van der Waals surface area (Å²) in [4.78, 5) is 7.07. The Labute approximate surface area is 160 Å². The lowest BCUT2D eigenvalue weighted by atomic mass is 9.88. The highest BCUT2D eigenvalue weighted by molar-refractivity contribution is 9.10. The fourth-order valence-corrected chi connectivity index (χ4v) is 4.03. The topological polar surface area (TPSA) is 31.6 Å². The van der Waals surface area contributed by atoms with Crippen LogP contribution in [0.3, 0.4) is 0 Å². The Hall–Kier alpha value is -2.78. The van der Waals surface area contributed by atoms with E-state index in [2.05, 4.69) is 111 Å². The second-order valence-electron chi connectivity index (χ2n) is 6.59. The van der Waals surface area contributed by atoms with Crippen molar-refractivity contribution in [2.24, 2.45) is 0 Å². The zero-order valence-corrected chi connectivity index (χ0v) is 15.6. The summed E-state index contributed by atoms with van der Waals surface area (Å²) in [5, 5.41) is 2.50. The van der Waals surface area contributed by atoms with Gasteiger partial charge in [-0.2, -0.15) is 0 Å². The van der Waals surface area contributed by atoms with Crippen molar-refractivity contribution in [2.45, 2.75) is 5.92 Å². The molecule has 0 fully saturated rings. The fraction of sp³-hybridized carbons (Fsp3) is 0.0435. The van der Waals surface area contributed by atoms with Crippen molar-refractivity contribution < 1.29 is 0 Å². The van der Waals surface area contributed by atoms with Gasteiger partial charge in [0.05, 0.1) is 5.92 Å². The molecule has 5 aromatic rings. The van der Waals surface area contributed by atoms with Crippen molar-refractivity contribution in [2.75, 3.05) is 0 Å². The molecule has 2 N–H and O–H groups in total. The Morgan fingerprint density at radius 2 is 1.50 bits per heavy atom. The predicted molar refractivity (Wildman–Crippen MR) is 112 cm³/mol. The Morgan fingerprint density at radius 3 is 2.31 bits per heavy atom. The number of para-hydroxylation sites is 2. The first kappa shape index (κ1) is 15.5. The largest absolute Gasteiger partial charge is 0.361 e. The minimum absolute atomic E-state index is 0.145. The van der Waals surface area contributed by atoms with E-state index in [1.807, 2.05) is 0 Å². The summed E-state index contributed by atoms with van der Waals surface area (Å²) in [6, 6.07) is 27.8. The van der Waals surface area contributed by atoms with E-state index in [9.17, 15) is 0 Å². The van der Waals surface area contributed by atoms with Crippen LogP contribution in [-0.2, 0) is 0 Å². The second-order valence-corrected chi connectivity index (χ2v) is 7.50. The number of H-pyrrole nitrogens is 2. The molecule has 26 heavy (non-hydrogen) atoms. The van der Waals surface area contributed by atoms with Gasteiger partial charge in [-0.3, -0.25) is 0 Å². The van der Waals surface area contributed by atoms with Gasteiger partial charge in [0, 0.05) is 32.8 Å². The van der Waals surface area contributed by atoms with Gasteiger partial charge >= 0.3 is 0 Å². The monoisotopic (exact) mass is 400 g/mol. The van der Waals surface area contributed by atoms with E-state index in [1.54, 1.807) is 0 Å². The van der Waals surface area contributed by atoms with Crippen LogP contribution in [0.4, 0.5) is 0 Å². The number of benzene rings is 3. The van der Waals surface area contributed by atoms with Gasteiger partial charge < -0.3 is 9.97 Å². The first-order valence-corrected chi connectivity index (χ1v) is 9.48. The maximum atomic E-state index is 3.64. The number of hydrogen-bond acceptors (Lipinski definition) is 0. The molecule has 1 atom stereocenters. The maximum absolute atomic E-state index is 3.64. The van der Waals surface area contributed by atoms with E-state index in [-0.39, 0.29) is 5.92 Å². The predicted octanol–water partition coefficient (Wildman–Crippen LogP) is 6.59. The van der Waals surface area contributed by atoms with Crippen molar-refractivity contribution in [3.63, 3.8) is 0 Å². The molecule has 0 spiro atoms. The summed E-state index contributed by atoms with van der Waals surface area (Å²) >= 11 is 3.55. The van der Waals surface area contributed by atoms with Crippen LogP contribution in [0.5, 0.6) is 0 Å². The highest BCUT2D eigenvalue weighted by Gasteiger charge is 2.22. The van der Waals surface area contributed by atoms with Gasteiger partial charge in [-0.15, -0.1) is 0 Å². The smallest absolute Gasteiger partial charge is 0.0512 e. The highest BCUT2D eigenvalue weighted by atomic mass is 79.9. The molecule has 0 amide bonds. The van der Waals surface area contributed by atoms with Gasteiger partial charge in [0.15, 0.2) is 0 Å². The summed E-state index contributed by atoms with van der Waals surface area (Å²) in [6.07, 6.45) is 2.14. The van der Waals surface area contributed by atoms with Crippen molar-refractivity contribution in [3.05, 3.63) is 106 Å². The first-order chi connectivity index (χ1) is 12.8. The molecule has 3 aromatic carbocycles. The maximum Gasteiger partial charge on any atom is 0.0512 e. The molecular formula is C23H17BrN2. The average Bonchev–Trinajstić information content (AvgIpc) is 3.28. The molecule has 2 nitrogen and oxygen atoms in total. The first-order valence-electron chi connectivity index (χ1n) is 8.69. The molecule has 0 bridgehead atoms. The Bertz CT molecular complexity index is 1160. The molecule has 0 radical (unpaired) electrons. The molecule has 0 aliphatic carbocycles. The third-order valence-electron chi connectivity index (χ3n) is 5.00. The zero-order valence-electron chi connectivity index (χ0n) is 14.0. The number of rotatable bonds is 3. The third kappa shape index (κ3) is 2.56. The number of aromatic nitrogens is 2. The molecule has 2 aromatic heterocycles.